The van der Waals surface area contributed by atoms with Gasteiger partial charge in [0.2, 0.25) is 0 Å². The van der Waals surface area contributed by atoms with Gasteiger partial charge in [-0.2, -0.15) is 0 Å². The molecule has 0 aliphatic rings. The highest BCUT2D eigenvalue weighted by Crippen LogP contribution is 2.27. The van der Waals surface area contributed by atoms with Crippen molar-refractivity contribution >= 4 is 45.6 Å². The third-order valence-electron chi connectivity index (χ3n) is 3.56. The fraction of sp³-hybridized carbons (Fsp3) is 0.111. The van der Waals surface area contributed by atoms with E-state index in [0.29, 0.717) is 20.7 Å². The van der Waals surface area contributed by atoms with E-state index in [2.05, 4.69) is 29.4 Å². The van der Waals surface area contributed by atoms with E-state index in [1.807, 2.05) is 17.5 Å². The first-order valence-corrected chi connectivity index (χ1v) is 9.01. The minimum absolute atomic E-state index is 0.327. The molecule has 3 nitrogen and oxygen atoms in total. The highest BCUT2D eigenvalue weighted by molar-refractivity contribution is 7.14. The molecule has 0 saturated heterocycles. The Hall–Kier alpha value is -1.88. The van der Waals surface area contributed by atoms with Crippen LogP contribution in [0.15, 0.2) is 47.8 Å². The monoisotopic (exact) mass is 376 g/mol. The first-order valence-electron chi connectivity index (χ1n) is 7.38. The standard InChI is InChI=1S/C18H14Cl2N2OS/c1-2-11-3-5-12(6-4-11)16-10-24-18(21-16)22-17(23)14-9-13(19)7-8-15(14)20/h3-10H,2H2,1H3,(H,21,22,23). The highest BCUT2D eigenvalue weighted by Gasteiger charge is 2.13. The van der Waals surface area contributed by atoms with Crippen molar-refractivity contribution in [1.82, 2.24) is 4.98 Å². The Morgan fingerprint density at radius 2 is 1.92 bits per heavy atom. The molecule has 1 aromatic heterocycles. The molecule has 0 bridgehead atoms. The number of rotatable bonds is 4. The van der Waals surface area contributed by atoms with E-state index in [4.69, 9.17) is 23.2 Å². The van der Waals surface area contributed by atoms with Crippen molar-refractivity contribution in [2.24, 2.45) is 0 Å². The largest absolute Gasteiger partial charge is 0.298 e. The molecule has 0 spiro atoms. The Morgan fingerprint density at radius 1 is 1.17 bits per heavy atom. The first kappa shape index (κ1) is 17.0. The van der Waals surface area contributed by atoms with Crippen LogP contribution in [-0.2, 0) is 6.42 Å². The molecule has 0 fully saturated rings. The van der Waals surface area contributed by atoms with Crippen molar-refractivity contribution in [2.45, 2.75) is 13.3 Å². The average Bonchev–Trinajstić information content (AvgIpc) is 3.05. The van der Waals surface area contributed by atoms with Gasteiger partial charge in [0.1, 0.15) is 0 Å². The Labute approximate surface area is 154 Å². The molecular weight excluding hydrogens is 363 g/mol. The zero-order valence-corrected chi connectivity index (χ0v) is 15.2. The minimum atomic E-state index is -0.329. The van der Waals surface area contributed by atoms with Gasteiger partial charge in [-0.1, -0.05) is 54.4 Å². The third kappa shape index (κ3) is 3.78. The van der Waals surface area contributed by atoms with E-state index in [9.17, 15) is 4.79 Å². The number of benzene rings is 2. The predicted molar refractivity (Wildman–Crippen MR) is 101 cm³/mol. The molecular formula is C18H14Cl2N2OS. The maximum atomic E-state index is 12.3. The molecule has 0 saturated carbocycles. The van der Waals surface area contributed by atoms with Crippen LogP contribution in [0.4, 0.5) is 5.13 Å². The van der Waals surface area contributed by atoms with Gasteiger partial charge < -0.3 is 0 Å². The number of carbonyl (C=O) groups excluding carboxylic acids is 1. The molecule has 0 unspecified atom stereocenters. The topological polar surface area (TPSA) is 42.0 Å². The molecule has 6 heteroatoms. The van der Waals surface area contributed by atoms with Gasteiger partial charge in [0, 0.05) is 16.0 Å². The summed E-state index contributed by atoms with van der Waals surface area (Å²) in [5.41, 5.74) is 3.45. The lowest BCUT2D eigenvalue weighted by atomic mass is 10.1. The Bertz CT molecular complexity index is 875. The number of nitrogens with zero attached hydrogens (tertiary/aromatic N) is 1. The highest BCUT2D eigenvalue weighted by atomic mass is 35.5. The van der Waals surface area contributed by atoms with Gasteiger partial charge in [-0.05, 0) is 30.2 Å². The summed E-state index contributed by atoms with van der Waals surface area (Å²) in [5.74, 6) is -0.329. The summed E-state index contributed by atoms with van der Waals surface area (Å²) < 4.78 is 0. The molecule has 3 aromatic rings. The van der Waals surface area contributed by atoms with E-state index >= 15 is 0 Å². The second kappa shape index (κ2) is 7.34. The summed E-state index contributed by atoms with van der Waals surface area (Å²) in [5, 5.41) is 6.01. The van der Waals surface area contributed by atoms with Gasteiger partial charge in [0.25, 0.3) is 5.91 Å². The number of hydrogen-bond donors (Lipinski definition) is 1. The van der Waals surface area contributed by atoms with Crippen molar-refractivity contribution in [3.63, 3.8) is 0 Å². The van der Waals surface area contributed by atoms with Crippen molar-refractivity contribution in [2.75, 3.05) is 5.32 Å². The summed E-state index contributed by atoms with van der Waals surface area (Å²) in [4.78, 5) is 16.8. The Kier molecular flexibility index (Phi) is 5.19. The maximum absolute atomic E-state index is 12.3. The summed E-state index contributed by atoms with van der Waals surface area (Å²) in [6.07, 6.45) is 0.999. The second-order valence-electron chi connectivity index (χ2n) is 5.17. The molecule has 122 valence electrons. The first-order chi connectivity index (χ1) is 11.6. The number of thiazole rings is 1. The van der Waals surface area contributed by atoms with Crippen LogP contribution in [0.3, 0.4) is 0 Å². The molecule has 0 aliphatic heterocycles. The van der Waals surface area contributed by atoms with Crippen molar-refractivity contribution in [3.05, 3.63) is 69.0 Å². The van der Waals surface area contributed by atoms with E-state index in [0.717, 1.165) is 17.7 Å². The Morgan fingerprint density at radius 3 is 2.62 bits per heavy atom. The molecule has 2 aromatic carbocycles. The van der Waals surface area contributed by atoms with Gasteiger partial charge in [0.05, 0.1) is 16.3 Å². The quantitative estimate of drug-likeness (QED) is 0.612. The fourth-order valence-corrected chi connectivity index (χ4v) is 3.30. The molecule has 24 heavy (non-hydrogen) atoms. The normalized spacial score (nSPS) is 10.6. The van der Waals surface area contributed by atoms with Crippen LogP contribution in [0.1, 0.15) is 22.8 Å². The van der Waals surface area contributed by atoms with Crippen LogP contribution in [0.25, 0.3) is 11.3 Å². The number of hydrogen-bond acceptors (Lipinski definition) is 3. The lowest BCUT2D eigenvalue weighted by Crippen LogP contribution is -2.12. The number of halogens is 2. The second-order valence-corrected chi connectivity index (χ2v) is 6.87. The lowest BCUT2D eigenvalue weighted by molar-refractivity contribution is 0.102. The smallest absolute Gasteiger partial charge is 0.259 e. The average molecular weight is 377 g/mol. The lowest BCUT2D eigenvalue weighted by Gasteiger charge is -2.04. The molecule has 0 aliphatic carbocycles. The molecule has 1 amide bonds. The number of aryl methyl sites for hydroxylation is 1. The summed E-state index contributed by atoms with van der Waals surface area (Å²) in [7, 11) is 0. The van der Waals surface area contributed by atoms with Gasteiger partial charge in [0.15, 0.2) is 5.13 Å². The minimum Gasteiger partial charge on any atom is -0.298 e. The van der Waals surface area contributed by atoms with Gasteiger partial charge in [-0.25, -0.2) is 4.98 Å². The molecule has 3 rings (SSSR count). The predicted octanol–water partition coefficient (Wildman–Crippen LogP) is 5.93. The van der Waals surface area contributed by atoms with Crippen molar-refractivity contribution < 1.29 is 4.79 Å². The van der Waals surface area contributed by atoms with E-state index in [-0.39, 0.29) is 5.91 Å². The summed E-state index contributed by atoms with van der Waals surface area (Å²) in [6, 6.07) is 13.0. The van der Waals surface area contributed by atoms with Crippen LogP contribution >= 0.6 is 34.5 Å². The maximum Gasteiger partial charge on any atom is 0.259 e. The third-order valence-corrected chi connectivity index (χ3v) is 4.88. The van der Waals surface area contributed by atoms with Crippen molar-refractivity contribution in [1.29, 1.82) is 0 Å². The van der Waals surface area contributed by atoms with E-state index in [1.54, 1.807) is 12.1 Å². The number of amides is 1. The van der Waals surface area contributed by atoms with Crippen molar-refractivity contribution in [3.8, 4) is 11.3 Å². The SMILES string of the molecule is CCc1ccc(-c2csc(NC(=O)c3cc(Cl)ccc3Cl)n2)cc1. The van der Waals surface area contributed by atoms with Crippen LogP contribution in [0.5, 0.6) is 0 Å². The van der Waals surface area contributed by atoms with Crippen LogP contribution < -0.4 is 5.32 Å². The van der Waals surface area contributed by atoms with Crippen LogP contribution in [0, 0.1) is 0 Å². The van der Waals surface area contributed by atoms with Crippen LogP contribution in [-0.4, -0.2) is 10.9 Å². The van der Waals surface area contributed by atoms with Gasteiger partial charge in [-0.3, -0.25) is 10.1 Å². The van der Waals surface area contributed by atoms with E-state index < -0.39 is 0 Å². The zero-order valence-electron chi connectivity index (χ0n) is 12.8. The fourth-order valence-electron chi connectivity index (χ4n) is 2.21. The summed E-state index contributed by atoms with van der Waals surface area (Å²) in [6.45, 7) is 2.12. The number of aromatic nitrogens is 1. The molecule has 0 atom stereocenters. The molecule has 1 N–H and O–H groups in total. The molecule has 0 radical (unpaired) electrons. The summed E-state index contributed by atoms with van der Waals surface area (Å²) >= 11 is 13.3. The zero-order chi connectivity index (χ0) is 17.1. The Balaban J connectivity index is 1.78. The van der Waals surface area contributed by atoms with Gasteiger partial charge in [-0.15, -0.1) is 11.3 Å². The number of nitrogens with one attached hydrogen (secondary N) is 1. The number of anilines is 1. The number of carbonyl (C=O) groups is 1. The van der Waals surface area contributed by atoms with Crippen LogP contribution in [0.2, 0.25) is 10.0 Å². The molecule has 1 heterocycles. The van der Waals surface area contributed by atoms with E-state index in [1.165, 1.54) is 23.0 Å². The van der Waals surface area contributed by atoms with Gasteiger partial charge >= 0.3 is 0 Å².